The van der Waals surface area contributed by atoms with Crippen LogP contribution in [0.1, 0.15) is 22.8 Å². The number of hydrogen-bond acceptors (Lipinski definition) is 5. The molecule has 1 aliphatic rings. The molecule has 3 aromatic rings. The van der Waals surface area contributed by atoms with Crippen LogP contribution in [0.2, 0.25) is 0 Å². The molecule has 3 amide bonds. The Morgan fingerprint density at radius 1 is 1.18 bits per heavy atom. The smallest absolute Gasteiger partial charge is 0.419 e. The van der Waals surface area contributed by atoms with Crippen LogP contribution in [-0.4, -0.2) is 39.8 Å². The molecular formula is C22H17F4N3O4. The van der Waals surface area contributed by atoms with Crippen molar-refractivity contribution in [3.05, 3.63) is 77.4 Å². The largest absolute Gasteiger partial charge is 0.439 e. The molecular weight excluding hydrogens is 446 g/mol. The van der Waals surface area contributed by atoms with Crippen molar-refractivity contribution in [3.8, 4) is 0 Å². The number of nitrogens with zero attached hydrogens (tertiary/aromatic N) is 2. The number of rotatable bonds is 4. The van der Waals surface area contributed by atoms with Crippen LogP contribution >= 0.6 is 0 Å². The molecule has 0 bridgehead atoms. The van der Waals surface area contributed by atoms with Gasteiger partial charge in [-0.2, -0.15) is 13.2 Å². The first-order valence-electron chi connectivity index (χ1n) is 9.77. The van der Waals surface area contributed by atoms with Gasteiger partial charge >= 0.3 is 18.3 Å². The zero-order valence-electron chi connectivity index (χ0n) is 16.8. The molecule has 0 radical (unpaired) electrons. The van der Waals surface area contributed by atoms with Crippen molar-refractivity contribution in [2.24, 2.45) is 0 Å². The molecule has 33 heavy (non-hydrogen) atoms. The minimum atomic E-state index is -4.84. The number of nitrogens with one attached hydrogen (secondary N) is 1. The third-order valence-electron chi connectivity index (χ3n) is 5.27. The minimum absolute atomic E-state index is 0.0159. The van der Waals surface area contributed by atoms with Gasteiger partial charge in [-0.15, -0.1) is 0 Å². The SMILES string of the molecule is O=C(NCc1cncc2ccccc12)N1C(=O)O[C@H](c2cc(F)cc(C(F)(F)F)c2)[C@@H]1CO. The Hall–Kier alpha value is -3.73. The first kappa shape index (κ1) is 22.5. The number of imide groups is 1. The van der Waals surface area contributed by atoms with E-state index in [0.717, 1.165) is 16.8 Å². The fraction of sp³-hybridized carbons (Fsp3) is 0.227. The summed E-state index contributed by atoms with van der Waals surface area (Å²) < 4.78 is 58.1. The predicted molar refractivity (Wildman–Crippen MR) is 107 cm³/mol. The number of carbonyl (C=O) groups is 2. The highest BCUT2D eigenvalue weighted by Crippen LogP contribution is 2.37. The van der Waals surface area contributed by atoms with Gasteiger partial charge in [0.15, 0.2) is 6.10 Å². The van der Waals surface area contributed by atoms with E-state index in [1.807, 2.05) is 24.3 Å². The molecule has 1 fully saturated rings. The van der Waals surface area contributed by atoms with Crippen LogP contribution in [0.25, 0.3) is 10.8 Å². The third-order valence-corrected chi connectivity index (χ3v) is 5.27. The van der Waals surface area contributed by atoms with E-state index in [0.29, 0.717) is 22.6 Å². The summed E-state index contributed by atoms with van der Waals surface area (Å²) >= 11 is 0. The molecule has 0 saturated carbocycles. The van der Waals surface area contributed by atoms with Gasteiger partial charge in [0, 0.05) is 24.3 Å². The van der Waals surface area contributed by atoms with Crippen molar-refractivity contribution in [2.45, 2.75) is 24.9 Å². The zero-order chi connectivity index (χ0) is 23.8. The molecule has 4 rings (SSSR count). The highest BCUT2D eigenvalue weighted by atomic mass is 19.4. The van der Waals surface area contributed by atoms with Crippen molar-refractivity contribution >= 4 is 22.9 Å². The van der Waals surface area contributed by atoms with E-state index >= 15 is 0 Å². The Bertz CT molecular complexity index is 1210. The normalized spacial score (nSPS) is 18.5. The number of aromatic nitrogens is 1. The molecule has 2 aromatic carbocycles. The van der Waals surface area contributed by atoms with Crippen LogP contribution in [0.3, 0.4) is 0 Å². The van der Waals surface area contributed by atoms with Crippen molar-refractivity contribution < 1.29 is 37.0 Å². The first-order valence-corrected chi connectivity index (χ1v) is 9.77. The van der Waals surface area contributed by atoms with Crippen molar-refractivity contribution in [3.63, 3.8) is 0 Å². The number of alkyl halides is 3. The number of amides is 3. The molecule has 2 atom stereocenters. The second-order valence-corrected chi connectivity index (χ2v) is 7.37. The second kappa shape index (κ2) is 8.66. The van der Waals surface area contributed by atoms with Gasteiger partial charge in [0.25, 0.3) is 0 Å². The molecule has 2 heterocycles. The Morgan fingerprint density at radius 2 is 1.94 bits per heavy atom. The predicted octanol–water partition coefficient (Wildman–Crippen LogP) is 4.16. The highest BCUT2D eigenvalue weighted by molar-refractivity contribution is 5.93. The molecule has 7 nitrogen and oxygen atoms in total. The van der Waals surface area contributed by atoms with E-state index < -0.39 is 48.4 Å². The average molecular weight is 463 g/mol. The molecule has 0 spiro atoms. The van der Waals surface area contributed by atoms with Gasteiger partial charge in [-0.25, -0.2) is 18.9 Å². The van der Waals surface area contributed by atoms with E-state index in [9.17, 15) is 32.3 Å². The monoisotopic (exact) mass is 463 g/mol. The zero-order valence-corrected chi connectivity index (χ0v) is 16.8. The van der Waals surface area contributed by atoms with Crippen LogP contribution in [-0.2, 0) is 17.5 Å². The van der Waals surface area contributed by atoms with E-state index in [1.54, 1.807) is 12.4 Å². The quantitative estimate of drug-likeness (QED) is 0.567. The van der Waals surface area contributed by atoms with E-state index in [2.05, 4.69) is 10.3 Å². The second-order valence-electron chi connectivity index (χ2n) is 7.37. The summed E-state index contributed by atoms with van der Waals surface area (Å²) in [4.78, 5) is 29.8. The summed E-state index contributed by atoms with van der Waals surface area (Å²) in [6.07, 6.45) is -4.30. The highest BCUT2D eigenvalue weighted by Gasteiger charge is 2.46. The number of benzene rings is 2. The van der Waals surface area contributed by atoms with Crippen LogP contribution in [0, 0.1) is 5.82 Å². The molecule has 172 valence electrons. The summed E-state index contributed by atoms with van der Waals surface area (Å²) in [5.74, 6) is -1.20. The molecule has 2 N–H and O–H groups in total. The van der Waals surface area contributed by atoms with Crippen molar-refractivity contribution in [1.82, 2.24) is 15.2 Å². The van der Waals surface area contributed by atoms with Crippen LogP contribution in [0.4, 0.5) is 27.2 Å². The lowest BCUT2D eigenvalue weighted by atomic mass is 10.00. The van der Waals surface area contributed by atoms with Crippen molar-refractivity contribution in [1.29, 1.82) is 0 Å². The van der Waals surface area contributed by atoms with Gasteiger partial charge in [-0.1, -0.05) is 24.3 Å². The average Bonchev–Trinajstić information content (AvgIpc) is 3.12. The summed E-state index contributed by atoms with van der Waals surface area (Å²) in [7, 11) is 0. The molecule has 1 aromatic heterocycles. The van der Waals surface area contributed by atoms with Gasteiger partial charge in [-0.05, 0) is 34.7 Å². The van der Waals surface area contributed by atoms with E-state index in [1.165, 1.54) is 0 Å². The number of fused-ring (bicyclic) bond motifs is 1. The lowest BCUT2D eigenvalue weighted by molar-refractivity contribution is -0.137. The maximum absolute atomic E-state index is 13.8. The van der Waals surface area contributed by atoms with Gasteiger partial charge in [0.05, 0.1) is 12.2 Å². The number of urea groups is 1. The fourth-order valence-electron chi connectivity index (χ4n) is 3.73. The molecule has 0 aliphatic carbocycles. The van der Waals surface area contributed by atoms with Crippen LogP contribution < -0.4 is 5.32 Å². The Balaban J connectivity index is 1.56. The molecule has 1 aliphatic heterocycles. The van der Waals surface area contributed by atoms with Gasteiger partial charge in [-0.3, -0.25) is 4.98 Å². The Morgan fingerprint density at radius 3 is 2.67 bits per heavy atom. The standard InChI is InChI=1S/C22H17F4N3O4/c23-16-6-13(5-15(7-16)22(24,25)26)19-18(11-30)29(21(32)33-19)20(31)28-10-14-9-27-8-12-3-1-2-4-17(12)14/h1-9,18-19,30H,10-11H2,(H,28,31)/t18-,19+/m0/s1. The van der Waals surface area contributed by atoms with Crippen LogP contribution in [0.15, 0.2) is 54.9 Å². The lowest BCUT2D eigenvalue weighted by Gasteiger charge is -2.22. The third kappa shape index (κ3) is 4.44. The fourth-order valence-corrected chi connectivity index (χ4v) is 3.73. The van der Waals surface area contributed by atoms with Gasteiger partial charge < -0.3 is 15.2 Å². The maximum Gasteiger partial charge on any atom is 0.419 e. The topological polar surface area (TPSA) is 91.8 Å². The number of aliphatic hydroxyl groups is 1. The molecule has 0 unspecified atom stereocenters. The summed E-state index contributed by atoms with van der Waals surface area (Å²) in [6.45, 7) is -0.824. The first-order chi connectivity index (χ1) is 15.7. The summed E-state index contributed by atoms with van der Waals surface area (Å²) in [6, 6.07) is 6.71. The number of halogens is 4. The Labute approximate surface area is 184 Å². The number of ether oxygens (including phenoxy) is 1. The van der Waals surface area contributed by atoms with Crippen molar-refractivity contribution in [2.75, 3.05) is 6.61 Å². The number of carbonyl (C=O) groups excluding carboxylic acids is 2. The summed E-state index contributed by atoms with van der Waals surface area (Å²) in [5.41, 5.74) is -0.953. The number of hydrogen-bond donors (Lipinski definition) is 2. The lowest BCUT2D eigenvalue weighted by Crippen LogP contribution is -2.47. The Kier molecular flexibility index (Phi) is 5.90. The number of cyclic esters (lactones) is 1. The minimum Gasteiger partial charge on any atom is -0.439 e. The van der Waals surface area contributed by atoms with E-state index in [-0.39, 0.29) is 12.1 Å². The molecule has 1 saturated heterocycles. The van der Waals surface area contributed by atoms with E-state index in [4.69, 9.17) is 4.74 Å². The number of aliphatic hydroxyl groups excluding tert-OH is 1. The maximum atomic E-state index is 13.8. The summed E-state index contributed by atoms with van der Waals surface area (Å²) in [5, 5.41) is 14.0. The number of pyridine rings is 1. The van der Waals surface area contributed by atoms with Gasteiger partial charge in [0.2, 0.25) is 0 Å². The van der Waals surface area contributed by atoms with Gasteiger partial charge in [0.1, 0.15) is 11.9 Å². The molecule has 11 heteroatoms. The van der Waals surface area contributed by atoms with Crippen LogP contribution in [0.5, 0.6) is 0 Å².